The van der Waals surface area contributed by atoms with Gasteiger partial charge < -0.3 is 0 Å². The minimum absolute atomic E-state index is 0.486. The Hall–Kier alpha value is -1.71. The van der Waals surface area contributed by atoms with Crippen LogP contribution in [0.4, 0.5) is 0 Å². The number of aromatic nitrogens is 2. The van der Waals surface area contributed by atoms with Gasteiger partial charge in [0.1, 0.15) is 11.0 Å². The zero-order valence-corrected chi connectivity index (χ0v) is 11.7. The third-order valence-corrected chi connectivity index (χ3v) is 3.79. The molecule has 0 aliphatic heterocycles. The number of thiophene rings is 1. The molecular weight excluding hydrogens is 276 g/mol. The Bertz CT molecular complexity index is 666. The molecule has 0 N–H and O–H groups in total. The Labute approximate surface area is 120 Å². The van der Waals surface area contributed by atoms with Crippen molar-refractivity contribution in [3.05, 3.63) is 69.8 Å². The van der Waals surface area contributed by atoms with Crippen molar-refractivity contribution in [2.24, 2.45) is 0 Å². The molecule has 0 amide bonds. The fraction of sp³-hybridized carbons (Fsp3) is 0.0667. The van der Waals surface area contributed by atoms with E-state index < -0.39 is 0 Å². The number of benzene rings is 1. The van der Waals surface area contributed by atoms with Crippen LogP contribution in [0, 0.1) is 0 Å². The third-order valence-electron chi connectivity index (χ3n) is 2.72. The largest absolute Gasteiger partial charge is 0.232 e. The highest BCUT2D eigenvalue weighted by Crippen LogP contribution is 2.21. The van der Waals surface area contributed by atoms with Gasteiger partial charge in [0.25, 0.3) is 0 Å². The van der Waals surface area contributed by atoms with E-state index in [9.17, 15) is 0 Å². The molecule has 94 valence electrons. The average molecular weight is 287 g/mol. The summed E-state index contributed by atoms with van der Waals surface area (Å²) in [6.07, 6.45) is 0.720. The first-order valence-electron chi connectivity index (χ1n) is 5.92. The summed E-state index contributed by atoms with van der Waals surface area (Å²) in [4.78, 5) is 10.1. The molecule has 3 rings (SSSR count). The maximum Gasteiger partial charge on any atom is 0.135 e. The zero-order valence-electron chi connectivity index (χ0n) is 10.1. The van der Waals surface area contributed by atoms with Gasteiger partial charge in [0.15, 0.2) is 0 Å². The van der Waals surface area contributed by atoms with E-state index in [-0.39, 0.29) is 0 Å². The molecular formula is C15H11ClN2S. The molecule has 0 aliphatic carbocycles. The maximum absolute atomic E-state index is 6.09. The van der Waals surface area contributed by atoms with Gasteiger partial charge in [0.05, 0.1) is 5.69 Å². The van der Waals surface area contributed by atoms with E-state index in [1.807, 2.05) is 36.4 Å². The van der Waals surface area contributed by atoms with Crippen LogP contribution >= 0.6 is 22.9 Å². The summed E-state index contributed by atoms with van der Waals surface area (Å²) >= 11 is 7.79. The smallest absolute Gasteiger partial charge is 0.135 e. The quantitative estimate of drug-likeness (QED) is 0.665. The molecule has 2 heterocycles. The summed E-state index contributed by atoms with van der Waals surface area (Å²) in [5, 5.41) is 2.54. The lowest BCUT2D eigenvalue weighted by atomic mass is 10.1. The van der Waals surface area contributed by atoms with Crippen molar-refractivity contribution in [1.82, 2.24) is 9.97 Å². The second-order valence-electron chi connectivity index (χ2n) is 4.11. The molecule has 0 saturated heterocycles. The van der Waals surface area contributed by atoms with Crippen molar-refractivity contribution >= 4 is 22.9 Å². The molecule has 0 bridgehead atoms. The topological polar surface area (TPSA) is 25.8 Å². The van der Waals surface area contributed by atoms with Crippen molar-refractivity contribution < 1.29 is 0 Å². The van der Waals surface area contributed by atoms with E-state index in [0.29, 0.717) is 5.15 Å². The highest BCUT2D eigenvalue weighted by atomic mass is 35.5. The zero-order chi connectivity index (χ0) is 13.1. The fourth-order valence-electron chi connectivity index (χ4n) is 1.87. The monoisotopic (exact) mass is 286 g/mol. The predicted molar refractivity (Wildman–Crippen MR) is 79.6 cm³/mol. The Morgan fingerprint density at radius 2 is 1.84 bits per heavy atom. The molecule has 4 heteroatoms. The molecule has 0 unspecified atom stereocenters. The lowest BCUT2D eigenvalue weighted by Crippen LogP contribution is -1.97. The van der Waals surface area contributed by atoms with Crippen LogP contribution in [0.5, 0.6) is 0 Å². The Morgan fingerprint density at radius 1 is 1.00 bits per heavy atom. The second kappa shape index (κ2) is 5.51. The lowest BCUT2D eigenvalue weighted by Gasteiger charge is -2.04. The van der Waals surface area contributed by atoms with E-state index >= 15 is 0 Å². The molecule has 0 aliphatic rings. The SMILES string of the molecule is Clc1cc(-c2ccccc2)nc(Cc2cccs2)n1. The van der Waals surface area contributed by atoms with Crippen LogP contribution in [0.15, 0.2) is 53.9 Å². The summed E-state index contributed by atoms with van der Waals surface area (Å²) < 4.78 is 0. The first-order valence-corrected chi connectivity index (χ1v) is 7.18. The normalized spacial score (nSPS) is 10.6. The van der Waals surface area contributed by atoms with Gasteiger partial charge >= 0.3 is 0 Å². The second-order valence-corrected chi connectivity index (χ2v) is 5.53. The van der Waals surface area contributed by atoms with Gasteiger partial charge in [-0.2, -0.15) is 0 Å². The standard InChI is InChI=1S/C15H11ClN2S/c16-14-10-13(11-5-2-1-3-6-11)17-15(18-14)9-12-7-4-8-19-12/h1-8,10H,9H2. The van der Waals surface area contributed by atoms with Crippen LogP contribution in [0.1, 0.15) is 10.7 Å². The van der Waals surface area contributed by atoms with Crippen molar-refractivity contribution in [1.29, 1.82) is 0 Å². The summed E-state index contributed by atoms with van der Waals surface area (Å²) in [5.41, 5.74) is 1.92. The molecule has 2 nitrogen and oxygen atoms in total. The number of halogens is 1. The predicted octanol–water partition coefficient (Wildman–Crippen LogP) is 4.45. The van der Waals surface area contributed by atoms with Gasteiger partial charge in [-0.25, -0.2) is 9.97 Å². The summed E-state index contributed by atoms with van der Waals surface area (Å²) in [6, 6.07) is 15.9. The van der Waals surface area contributed by atoms with Crippen LogP contribution < -0.4 is 0 Å². The van der Waals surface area contributed by atoms with Crippen LogP contribution in [0.3, 0.4) is 0 Å². The van der Waals surface area contributed by atoms with Crippen molar-refractivity contribution in [2.45, 2.75) is 6.42 Å². The summed E-state index contributed by atoms with van der Waals surface area (Å²) in [7, 11) is 0. The molecule has 0 saturated carbocycles. The molecule has 0 radical (unpaired) electrons. The number of rotatable bonds is 3. The van der Waals surface area contributed by atoms with E-state index in [4.69, 9.17) is 11.6 Å². The summed E-state index contributed by atoms with van der Waals surface area (Å²) in [6.45, 7) is 0. The van der Waals surface area contributed by atoms with Gasteiger partial charge in [0, 0.05) is 22.9 Å². The highest BCUT2D eigenvalue weighted by molar-refractivity contribution is 7.09. The maximum atomic E-state index is 6.09. The average Bonchev–Trinajstić information content (AvgIpc) is 2.92. The van der Waals surface area contributed by atoms with Crippen LogP contribution in [0.2, 0.25) is 5.15 Å². The van der Waals surface area contributed by atoms with Gasteiger partial charge in [-0.15, -0.1) is 11.3 Å². The van der Waals surface area contributed by atoms with E-state index in [1.165, 1.54) is 4.88 Å². The van der Waals surface area contributed by atoms with Crippen LogP contribution in [-0.4, -0.2) is 9.97 Å². The lowest BCUT2D eigenvalue weighted by molar-refractivity contribution is 0.985. The van der Waals surface area contributed by atoms with E-state index in [0.717, 1.165) is 23.5 Å². The van der Waals surface area contributed by atoms with Gasteiger partial charge in [-0.1, -0.05) is 48.0 Å². The molecule has 19 heavy (non-hydrogen) atoms. The number of hydrogen-bond donors (Lipinski definition) is 0. The minimum Gasteiger partial charge on any atom is -0.232 e. The molecule has 0 spiro atoms. The first kappa shape index (κ1) is 12.3. The third kappa shape index (κ3) is 3.00. The number of nitrogens with zero attached hydrogens (tertiary/aromatic N) is 2. The van der Waals surface area contributed by atoms with Crippen molar-refractivity contribution in [3.63, 3.8) is 0 Å². The Kier molecular flexibility index (Phi) is 3.58. The van der Waals surface area contributed by atoms with Gasteiger partial charge in [-0.05, 0) is 11.4 Å². The first-order chi connectivity index (χ1) is 9.31. The molecule has 3 aromatic rings. The Morgan fingerprint density at radius 3 is 2.58 bits per heavy atom. The molecule has 0 fully saturated rings. The highest BCUT2D eigenvalue weighted by Gasteiger charge is 2.06. The van der Waals surface area contributed by atoms with E-state index in [1.54, 1.807) is 17.4 Å². The minimum atomic E-state index is 0.486. The van der Waals surface area contributed by atoms with Gasteiger partial charge in [-0.3, -0.25) is 0 Å². The molecule has 1 aromatic carbocycles. The van der Waals surface area contributed by atoms with Gasteiger partial charge in [0.2, 0.25) is 0 Å². The fourth-order valence-corrected chi connectivity index (χ4v) is 2.77. The summed E-state index contributed by atoms with van der Waals surface area (Å²) in [5.74, 6) is 0.758. The van der Waals surface area contributed by atoms with E-state index in [2.05, 4.69) is 21.4 Å². The molecule has 2 aromatic heterocycles. The Balaban J connectivity index is 1.97. The van der Waals surface area contributed by atoms with Crippen LogP contribution in [0.25, 0.3) is 11.3 Å². The van der Waals surface area contributed by atoms with Crippen molar-refractivity contribution in [2.75, 3.05) is 0 Å². The molecule has 0 atom stereocenters. The van der Waals surface area contributed by atoms with Crippen LogP contribution in [-0.2, 0) is 6.42 Å². The number of hydrogen-bond acceptors (Lipinski definition) is 3. The van der Waals surface area contributed by atoms with Crippen molar-refractivity contribution in [3.8, 4) is 11.3 Å².